The molecule has 0 unspecified atom stereocenters. The Balaban J connectivity index is 2.49. The largest absolute Gasteiger partial charge is 0.476 e. The molecule has 0 aliphatic heterocycles. The van der Waals surface area contributed by atoms with Gasteiger partial charge in [0.05, 0.1) is 6.26 Å². The van der Waals surface area contributed by atoms with E-state index in [4.69, 9.17) is 4.74 Å². The van der Waals surface area contributed by atoms with Crippen LogP contribution in [-0.4, -0.2) is 43.7 Å². The minimum absolute atomic E-state index is 0.301. The van der Waals surface area contributed by atoms with Gasteiger partial charge in [0.15, 0.2) is 0 Å². The fraction of sp³-hybridized carbons (Fsp3) is 0.615. The van der Waals surface area contributed by atoms with Gasteiger partial charge in [-0.3, -0.25) is 0 Å². The first kappa shape index (κ1) is 15.9. The summed E-state index contributed by atoms with van der Waals surface area (Å²) in [5.74, 6) is 0.955. The normalized spacial score (nSPS) is 12.1. The summed E-state index contributed by atoms with van der Waals surface area (Å²) in [5.41, 5.74) is 1.15. The van der Waals surface area contributed by atoms with E-state index >= 15 is 0 Å². The number of rotatable bonds is 7. The van der Waals surface area contributed by atoms with Crippen LogP contribution in [-0.2, 0) is 10.0 Å². The maximum absolute atomic E-state index is 11.4. The quantitative estimate of drug-likeness (QED) is 0.767. The number of sulfonamides is 1. The standard InChI is InChI=1S/C13H22N2O3S/c1-5-15(19(4,16)17)8-9-18-13-7-6-12(10-14-13)11(2)3/h6-7,10-11H,5,8-9H2,1-4H3. The highest BCUT2D eigenvalue weighted by atomic mass is 32.2. The Morgan fingerprint density at radius 2 is 2.05 bits per heavy atom. The van der Waals surface area contributed by atoms with Crippen LogP contribution in [0.5, 0.6) is 5.88 Å². The molecule has 1 rings (SSSR count). The van der Waals surface area contributed by atoms with E-state index in [9.17, 15) is 8.42 Å². The van der Waals surface area contributed by atoms with Gasteiger partial charge >= 0.3 is 0 Å². The molecule has 1 heterocycles. The van der Waals surface area contributed by atoms with Gasteiger partial charge in [-0.2, -0.15) is 4.31 Å². The van der Waals surface area contributed by atoms with E-state index in [-0.39, 0.29) is 0 Å². The Morgan fingerprint density at radius 1 is 1.37 bits per heavy atom. The average molecular weight is 286 g/mol. The molecule has 5 nitrogen and oxygen atoms in total. The molecular formula is C13H22N2O3S. The van der Waals surface area contributed by atoms with Gasteiger partial charge in [0.25, 0.3) is 0 Å². The second-order valence-electron chi connectivity index (χ2n) is 4.69. The van der Waals surface area contributed by atoms with Crippen LogP contribution >= 0.6 is 0 Å². The molecule has 0 N–H and O–H groups in total. The first-order valence-electron chi connectivity index (χ1n) is 6.38. The number of hydrogen-bond acceptors (Lipinski definition) is 4. The predicted octanol–water partition coefficient (Wildman–Crippen LogP) is 1.87. The van der Waals surface area contributed by atoms with Gasteiger partial charge in [-0.25, -0.2) is 13.4 Å². The van der Waals surface area contributed by atoms with E-state index in [1.807, 2.05) is 12.1 Å². The molecule has 0 saturated carbocycles. The van der Waals surface area contributed by atoms with E-state index in [0.29, 0.717) is 31.5 Å². The molecular weight excluding hydrogens is 264 g/mol. The molecule has 0 atom stereocenters. The zero-order chi connectivity index (χ0) is 14.5. The van der Waals surface area contributed by atoms with E-state index in [0.717, 1.165) is 5.56 Å². The second kappa shape index (κ2) is 6.86. The fourth-order valence-electron chi connectivity index (χ4n) is 1.63. The molecule has 19 heavy (non-hydrogen) atoms. The van der Waals surface area contributed by atoms with Crippen molar-refractivity contribution in [1.29, 1.82) is 0 Å². The van der Waals surface area contributed by atoms with Crippen molar-refractivity contribution in [2.75, 3.05) is 26.0 Å². The van der Waals surface area contributed by atoms with Crippen LogP contribution in [0.4, 0.5) is 0 Å². The van der Waals surface area contributed by atoms with Crippen LogP contribution in [0.1, 0.15) is 32.3 Å². The van der Waals surface area contributed by atoms with Crippen molar-refractivity contribution in [1.82, 2.24) is 9.29 Å². The highest BCUT2D eigenvalue weighted by Gasteiger charge is 2.13. The van der Waals surface area contributed by atoms with Crippen LogP contribution in [0, 0.1) is 0 Å². The van der Waals surface area contributed by atoms with Crippen molar-refractivity contribution >= 4 is 10.0 Å². The number of likely N-dealkylation sites (N-methyl/N-ethyl adjacent to an activating group) is 1. The molecule has 108 valence electrons. The summed E-state index contributed by atoms with van der Waals surface area (Å²) in [6.07, 6.45) is 2.99. The first-order chi connectivity index (χ1) is 8.84. The summed E-state index contributed by atoms with van der Waals surface area (Å²) in [5, 5.41) is 0. The minimum atomic E-state index is -3.15. The highest BCUT2D eigenvalue weighted by Crippen LogP contribution is 2.15. The summed E-state index contributed by atoms with van der Waals surface area (Å²) in [6, 6.07) is 3.78. The monoisotopic (exact) mass is 286 g/mol. The van der Waals surface area contributed by atoms with Crippen molar-refractivity contribution in [2.45, 2.75) is 26.7 Å². The van der Waals surface area contributed by atoms with Crippen LogP contribution in [0.25, 0.3) is 0 Å². The van der Waals surface area contributed by atoms with Crippen LogP contribution in [0.2, 0.25) is 0 Å². The van der Waals surface area contributed by atoms with Gasteiger partial charge in [0.2, 0.25) is 15.9 Å². The maximum atomic E-state index is 11.4. The lowest BCUT2D eigenvalue weighted by Gasteiger charge is -2.17. The third-order valence-corrected chi connectivity index (χ3v) is 4.22. The van der Waals surface area contributed by atoms with Crippen LogP contribution in [0.3, 0.4) is 0 Å². The molecule has 0 bridgehead atoms. The van der Waals surface area contributed by atoms with Crippen LogP contribution in [0.15, 0.2) is 18.3 Å². The molecule has 0 spiro atoms. The van der Waals surface area contributed by atoms with Crippen molar-refractivity contribution < 1.29 is 13.2 Å². The van der Waals surface area contributed by atoms with Crippen molar-refractivity contribution in [2.24, 2.45) is 0 Å². The summed E-state index contributed by atoms with van der Waals surface area (Å²) >= 11 is 0. The Labute approximate surface area is 115 Å². The number of hydrogen-bond donors (Lipinski definition) is 0. The van der Waals surface area contributed by atoms with Gasteiger partial charge in [-0.15, -0.1) is 0 Å². The highest BCUT2D eigenvalue weighted by molar-refractivity contribution is 7.88. The fourth-order valence-corrected chi connectivity index (χ4v) is 2.50. The molecule has 0 aliphatic carbocycles. The van der Waals surface area contributed by atoms with Gasteiger partial charge in [0.1, 0.15) is 6.61 Å². The molecule has 0 fully saturated rings. The molecule has 0 radical (unpaired) electrons. The van der Waals surface area contributed by atoms with E-state index in [1.54, 1.807) is 13.1 Å². The first-order valence-corrected chi connectivity index (χ1v) is 8.23. The summed E-state index contributed by atoms with van der Waals surface area (Å²) in [6.45, 7) is 7.09. The predicted molar refractivity (Wildman–Crippen MR) is 75.9 cm³/mol. The molecule has 0 amide bonds. The van der Waals surface area contributed by atoms with Gasteiger partial charge in [-0.05, 0) is 11.5 Å². The Hall–Kier alpha value is -1.14. The molecule has 6 heteroatoms. The third-order valence-electron chi connectivity index (χ3n) is 2.84. The molecule has 0 aliphatic rings. The SMILES string of the molecule is CCN(CCOc1ccc(C(C)C)cn1)S(C)(=O)=O. The second-order valence-corrected chi connectivity index (χ2v) is 6.67. The lowest BCUT2D eigenvalue weighted by atomic mass is 10.1. The molecule has 0 saturated heterocycles. The number of pyridine rings is 1. The average Bonchev–Trinajstić information content (AvgIpc) is 2.33. The van der Waals surface area contributed by atoms with Crippen molar-refractivity contribution in [3.05, 3.63) is 23.9 Å². The zero-order valence-electron chi connectivity index (χ0n) is 12.0. The maximum Gasteiger partial charge on any atom is 0.213 e. The van der Waals surface area contributed by atoms with Crippen molar-refractivity contribution in [3.8, 4) is 5.88 Å². The topological polar surface area (TPSA) is 59.5 Å². The van der Waals surface area contributed by atoms with E-state index < -0.39 is 10.0 Å². The Bertz CT molecular complexity index is 483. The van der Waals surface area contributed by atoms with E-state index in [1.165, 1.54) is 10.6 Å². The summed E-state index contributed by atoms with van der Waals surface area (Å²) in [4.78, 5) is 4.19. The Kier molecular flexibility index (Phi) is 5.75. The lowest BCUT2D eigenvalue weighted by Crippen LogP contribution is -2.33. The van der Waals surface area contributed by atoms with Crippen molar-refractivity contribution in [3.63, 3.8) is 0 Å². The lowest BCUT2D eigenvalue weighted by molar-refractivity contribution is 0.268. The Morgan fingerprint density at radius 3 is 2.47 bits per heavy atom. The smallest absolute Gasteiger partial charge is 0.213 e. The van der Waals surface area contributed by atoms with Gasteiger partial charge < -0.3 is 4.74 Å². The summed E-state index contributed by atoms with van der Waals surface area (Å²) < 4.78 is 29.6. The number of nitrogens with zero attached hydrogens (tertiary/aromatic N) is 2. The zero-order valence-corrected chi connectivity index (χ0v) is 12.8. The minimum Gasteiger partial charge on any atom is -0.476 e. The third kappa shape index (κ3) is 5.16. The molecule has 1 aromatic heterocycles. The van der Waals surface area contributed by atoms with E-state index in [2.05, 4.69) is 18.8 Å². The van der Waals surface area contributed by atoms with Gasteiger partial charge in [-0.1, -0.05) is 26.8 Å². The number of ether oxygens (including phenoxy) is 1. The molecule has 1 aromatic rings. The molecule has 0 aromatic carbocycles. The van der Waals surface area contributed by atoms with Gasteiger partial charge in [0, 0.05) is 25.4 Å². The number of aromatic nitrogens is 1. The van der Waals surface area contributed by atoms with Crippen LogP contribution < -0.4 is 4.74 Å². The summed E-state index contributed by atoms with van der Waals surface area (Å²) in [7, 11) is -3.15.